The van der Waals surface area contributed by atoms with Crippen molar-refractivity contribution in [1.82, 2.24) is 0 Å². The first-order chi connectivity index (χ1) is 19.3. The number of hydrogen-bond acceptors (Lipinski definition) is 2. The van der Waals surface area contributed by atoms with E-state index in [4.69, 9.17) is 0 Å². The summed E-state index contributed by atoms with van der Waals surface area (Å²) in [6.07, 6.45) is 20.8. The Morgan fingerprint density at radius 1 is 0.795 bits per heavy atom. The molecule has 3 aliphatic carbocycles. The van der Waals surface area contributed by atoms with E-state index in [0.717, 1.165) is 6.42 Å². The molecule has 1 saturated heterocycles. The molecule has 3 aromatic rings. The predicted octanol–water partition coefficient (Wildman–Crippen LogP) is 9.95. The number of allylic oxidation sites excluding steroid dienone is 8. The maximum absolute atomic E-state index is 2.65. The van der Waals surface area contributed by atoms with Crippen LogP contribution in [0, 0.1) is 5.92 Å². The fourth-order valence-corrected chi connectivity index (χ4v) is 10.8. The normalized spacial score (nSPS) is 26.2. The molecule has 3 atom stereocenters. The van der Waals surface area contributed by atoms with Crippen LogP contribution in [0.4, 0.5) is 0 Å². The lowest BCUT2D eigenvalue weighted by Crippen LogP contribution is -2.52. The second-order valence-corrected chi connectivity index (χ2v) is 13.8. The molecule has 1 spiro atoms. The second-order valence-electron chi connectivity index (χ2n) is 11.3. The summed E-state index contributed by atoms with van der Waals surface area (Å²) in [5, 5.41) is 0.998. The lowest BCUT2D eigenvalue weighted by molar-refractivity contribution is 0.393. The van der Waals surface area contributed by atoms with Gasteiger partial charge in [0, 0.05) is 26.2 Å². The zero-order valence-electron chi connectivity index (χ0n) is 22.1. The third kappa shape index (κ3) is 3.68. The molecule has 0 saturated carbocycles. The van der Waals surface area contributed by atoms with Gasteiger partial charge in [-0.2, -0.15) is 0 Å². The number of benzene rings is 3. The van der Waals surface area contributed by atoms with Gasteiger partial charge in [0.25, 0.3) is 0 Å². The number of rotatable bonds is 2. The molecule has 0 nitrogen and oxygen atoms in total. The van der Waals surface area contributed by atoms with Crippen molar-refractivity contribution in [1.29, 1.82) is 0 Å². The SMILES string of the molecule is C1=CCCC(C2=C3C(CCC2)SC2C=CC(c4ccccc4)=CC2C32c3ccccc3Sc3ccccc32)=C1. The lowest BCUT2D eigenvalue weighted by Gasteiger charge is -2.57. The van der Waals surface area contributed by atoms with E-state index in [2.05, 4.69) is 127 Å². The van der Waals surface area contributed by atoms with Gasteiger partial charge in [-0.1, -0.05) is 115 Å². The Balaban J connectivity index is 1.48. The van der Waals surface area contributed by atoms with Gasteiger partial charge in [-0.15, -0.1) is 11.8 Å². The predicted molar refractivity (Wildman–Crippen MR) is 167 cm³/mol. The molecule has 3 unspecified atom stereocenters. The minimum absolute atomic E-state index is 0.165. The van der Waals surface area contributed by atoms with Crippen LogP contribution in [0.15, 0.2) is 142 Å². The van der Waals surface area contributed by atoms with Gasteiger partial charge < -0.3 is 0 Å². The molecule has 2 heterocycles. The third-order valence-corrected chi connectivity index (χ3v) is 12.0. The van der Waals surface area contributed by atoms with Crippen LogP contribution in [-0.4, -0.2) is 10.5 Å². The summed E-state index contributed by atoms with van der Waals surface area (Å²) >= 11 is 4.21. The zero-order chi connectivity index (χ0) is 25.8. The van der Waals surface area contributed by atoms with Crippen molar-refractivity contribution in [3.05, 3.63) is 149 Å². The maximum atomic E-state index is 2.65. The highest BCUT2D eigenvalue weighted by atomic mass is 32.2. The van der Waals surface area contributed by atoms with Gasteiger partial charge >= 0.3 is 0 Å². The molecule has 2 heteroatoms. The molecular weight excluding hydrogens is 509 g/mol. The number of thioether (sulfide) groups is 1. The van der Waals surface area contributed by atoms with E-state index in [1.165, 1.54) is 57.7 Å². The standard InChI is InChI=1S/C37H32S2/c1-3-12-25(13-4-1)27-22-23-34-31(24-27)37(29-17-7-9-19-32(29)38-33-20-10-8-18-30(33)37)36-28(16-11-21-35(36)39-34)26-14-5-2-6-15-26/h1-5,7-10,12-14,17-20,22-24,31,34-35H,6,11,15-16,21H2. The van der Waals surface area contributed by atoms with E-state index in [-0.39, 0.29) is 5.41 Å². The van der Waals surface area contributed by atoms with Crippen molar-refractivity contribution >= 4 is 29.1 Å². The van der Waals surface area contributed by atoms with E-state index in [1.54, 1.807) is 16.7 Å². The summed E-state index contributed by atoms with van der Waals surface area (Å²) in [5.74, 6) is 0.352. The molecule has 0 bridgehead atoms. The third-order valence-electron chi connectivity index (χ3n) is 9.32. The minimum atomic E-state index is -0.165. The Kier molecular flexibility index (Phi) is 5.89. The summed E-state index contributed by atoms with van der Waals surface area (Å²) in [6, 6.07) is 29.7. The average molecular weight is 541 g/mol. The molecule has 8 rings (SSSR count). The second kappa shape index (κ2) is 9.61. The van der Waals surface area contributed by atoms with E-state index >= 15 is 0 Å². The van der Waals surface area contributed by atoms with Crippen molar-refractivity contribution < 1.29 is 0 Å². The van der Waals surface area contributed by atoms with Crippen LogP contribution in [0.2, 0.25) is 0 Å². The largest absolute Gasteiger partial charge is 0.146 e. The monoisotopic (exact) mass is 540 g/mol. The molecule has 0 aromatic heterocycles. The first kappa shape index (κ1) is 23.9. The Hall–Kier alpha value is -2.94. The van der Waals surface area contributed by atoms with Crippen LogP contribution in [0.5, 0.6) is 0 Å². The fourth-order valence-electron chi connectivity index (χ4n) is 7.78. The molecule has 0 radical (unpaired) electrons. The Bertz CT molecular complexity index is 1550. The Morgan fingerprint density at radius 3 is 2.28 bits per heavy atom. The highest BCUT2D eigenvalue weighted by molar-refractivity contribution is 8.01. The van der Waals surface area contributed by atoms with Crippen LogP contribution in [0.1, 0.15) is 48.8 Å². The van der Waals surface area contributed by atoms with Crippen LogP contribution >= 0.6 is 23.5 Å². The van der Waals surface area contributed by atoms with Crippen molar-refractivity contribution in [3.63, 3.8) is 0 Å². The number of hydrogen-bond donors (Lipinski definition) is 0. The average Bonchev–Trinajstić information content (AvgIpc) is 3.01. The van der Waals surface area contributed by atoms with E-state index in [0.29, 0.717) is 16.4 Å². The van der Waals surface area contributed by atoms with Crippen LogP contribution in [-0.2, 0) is 5.41 Å². The van der Waals surface area contributed by atoms with Crippen LogP contribution < -0.4 is 0 Å². The Labute approximate surface area is 240 Å². The van der Waals surface area contributed by atoms with Gasteiger partial charge in [0.2, 0.25) is 0 Å². The molecular formula is C37H32S2. The van der Waals surface area contributed by atoms with Gasteiger partial charge in [-0.05, 0) is 83.2 Å². The summed E-state index contributed by atoms with van der Waals surface area (Å²) in [5.41, 5.74) is 10.5. The van der Waals surface area contributed by atoms with Crippen LogP contribution in [0.3, 0.4) is 0 Å². The van der Waals surface area contributed by atoms with Gasteiger partial charge in [0.05, 0.1) is 5.41 Å². The smallest absolute Gasteiger partial charge is 0.0526 e. The molecule has 192 valence electrons. The molecule has 0 N–H and O–H groups in total. The van der Waals surface area contributed by atoms with Gasteiger partial charge in [-0.25, -0.2) is 0 Å². The van der Waals surface area contributed by atoms with E-state index in [9.17, 15) is 0 Å². The van der Waals surface area contributed by atoms with Crippen molar-refractivity contribution in [2.75, 3.05) is 0 Å². The highest BCUT2D eigenvalue weighted by Gasteiger charge is 2.58. The molecule has 0 amide bonds. The van der Waals surface area contributed by atoms with Gasteiger partial charge in [0.1, 0.15) is 0 Å². The lowest BCUT2D eigenvalue weighted by atomic mass is 9.55. The summed E-state index contributed by atoms with van der Waals surface area (Å²) in [4.78, 5) is 2.86. The van der Waals surface area contributed by atoms with Crippen molar-refractivity contribution in [2.45, 2.75) is 57.8 Å². The van der Waals surface area contributed by atoms with Crippen molar-refractivity contribution in [3.8, 4) is 0 Å². The maximum Gasteiger partial charge on any atom is 0.0526 e. The molecule has 1 fully saturated rings. The van der Waals surface area contributed by atoms with Gasteiger partial charge in [-0.3, -0.25) is 0 Å². The summed E-state index contributed by atoms with van der Waals surface area (Å²) in [6.45, 7) is 0. The zero-order valence-corrected chi connectivity index (χ0v) is 23.7. The summed E-state index contributed by atoms with van der Waals surface area (Å²) < 4.78 is 0. The quantitative estimate of drug-likeness (QED) is 0.317. The topological polar surface area (TPSA) is 0 Å². The van der Waals surface area contributed by atoms with E-state index < -0.39 is 0 Å². The van der Waals surface area contributed by atoms with Crippen molar-refractivity contribution in [2.24, 2.45) is 5.92 Å². The first-order valence-electron chi connectivity index (χ1n) is 14.4. The first-order valence-corrected chi connectivity index (χ1v) is 16.2. The van der Waals surface area contributed by atoms with Gasteiger partial charge in [0.15, 0.2) is 0 Å². The number of fused-ring (bicyclic) bond motifs is 8. The van der Waals surface area contributed by atoms with E-state index in [1.807, 2.05) is 11.8 Å². The minimum Gasteiger partial charge on any atom is -0.146 e. The summed E-state index contributed by atoms with van der Waals surface area (Å²) in [7, 11) is 0. The molecule has 3 aromatic carbocycles. The fraction of sp³-hybridized carbons (Fsp3) is 0.243. The highest BCUT2D eigenvalue weighted by Crippen LogP contribution is 2.66. The molecule has 2 aliphatic heterocycles. The Morgan fingerprint density at radius 2 is 1.54 bits per heavy atom. The molecule has 5 aliphatic rings. The van der Waals surface area contributed by atoms with Crippen LogP contribution in [0.25, 0.3) is 5.57 Å². The molecule has 39 heavy (non-hydrogen) atoms.